The monoisotopic (exact) mass is 310 g/mol. The van der Waals surface area contributed by atoms with Crippen molar-refractivity contribution in [1.29, 1.82) is 0 Å². The topological polar surface area (TPSA) is 43.2 Å². The van der Waals surface area contributed by atoms with Crippen molar-refractivity contribution in [2.75, 3.05) is 31.2 Å². The van der Waals surface area contributed by atoms with Crippen molar-refractivity contribution in [2.45, 2.75) is 13.8 Å². The number of nitrogens with zero attached hydrogens (tertiary/aromatic N) is 4. The predicted molar refractivity (Wildman–Crippen MR) is 93.0 cm³/mol. The summed E-state index contributed by atoms with van der Waals surface area (Å²) in [6, 6.07) is 4.10. The molecule has 0 atom stereocenters. The van der Waals surface area contributed by atoms with Gasteiger partial charge in [0.05, 0.1) is 30.8 Å². The summed E-state index contributed by atoms with van der Waals surface area (Å²) in [6.07, 6.45) is 7.65. The molecule has 0 unspecified atom stereocenters. The van der Waals surface area contributed by atoms with Crippen LogP contribution in [0.1, 0.15) is 18.2 Å². The molecule has 1 fully saturated rings. The van der Waals surface area contributed by atoms with Gasteiger partial charge in [0, 0.05) is 19.3 Å². The van der Waals surface area contributed by atoms with Gasteiger partial charge in [-0.05, 0) is 37.1 Å². The average Bonchev–Trinajstić information content (AvgIpc) is 2.98. The smallest absolute Gasteiger partial charge is 0.128 e. The number of rotatable bonds is 4. The van der Waals surface area contributed by atoms with Gasteiger partial charge in [-0.1, -0.05) is 18.7 Å². The minimum absolute atomic E-state index is 0.764. The summed E-state index contributed by atoms with van der Waals surface area (Å²) >= 11 is 0. The van der Waals surface area contributed by atoms with E-state index in [0.717, 1.165) is 54.6 Å². The van der Waals surface area contributed by atoms with Gasteiger partial charge >= 0.3 is 0 Å². The summed E-state index contributed by atoms with van der Waals surface area (Å²) < 4.78 is 7.25. The van der Waals surface area contributed by atoms with Crippen LogP contribution in [-0.2, 0) is 4.74 Å². The van der Waals surface area contributed by atoms with Crippen molar-refractivity contribution in [3.63, 3.8) is 0 Å². The number of anilines is 1. The second-order valence-corrected chi connectivity index (χ2v) is 5.66. The number of ether oxygens (including phenoxy) is 1. The SMILES string of the molecule is C=C/C=C(\C)c1nn(-c2ccc(N3CCOCC3)nc2)cc1C. The molecule has 5 nitrogen and oxygen atoms in total. The van der Waals surface area contributed by atoms with E-state index in [1.165, 1.54) is 0 Å². The predicted octanol–water partition coefficient (Wildman–Crippen LogP) is 3.00. The Bertz CT molecular complexity index is 709. The van der Waals surface area contributed by atoms with Crippen LogP contribution < -0.4 is 4.90 Å². The molecule has 3 heterocycles. The fourth-order valence-corrected chi connectivity index (χ4v) is 2.73. The Hall–Kier alpha value is -2.40. The third-order valence-electron chi connectivity index (χ3n) is 3.97. The fraction of sp³-hybridized carbons (Fsp3) is 0.333. The maximum absolute atomic E-state index is 5.38. The second-order valence-electron chi connectivity index (χ2n) is 5.66. The Morgan fingerprint density at radius 1 is 1.30 bits per heavy atom. The van der Waals surface area contributed by atoms with Crippen LogP contribution in [-0.4, -0.2) is 41.1 Å². The maximum Gasteiger partial charge on any atom is 0.128 e. The summed E-state index contributed by atoms with van der Waals surface area (Å²) in [5.41, 5.74) is 4.19. The zero-order valence-electron chi connectivity index (χ0n) is 13.7. The van der Waals surface area contributed by atoms with E-state index in [1.807, 2.05) is 36.1 Å². The first-order valence-corrected chi connectivity index (χ1v) is 7.84. The molecular formula is C18H22N4O. The third kappa shape index (κ3) is 3.35. The molecule has 0 radical (unpaired) electrons. The van der Waals surface area contributed by atoms with Crippen molar-refractivity contribution >= 4 is 11.4 Å². The second kappa shape index (κ2) is 6.79. The van der Waals surface area contributed by atoms with Crippen molar-refractivity contribution in [1.82, 2.24) is 14.8 Å². The van der Waals surface area contributed by atoms with Crippen LogP contribution in [0, 0.1) is 6.92 Å². The zero-order valence-corrected chi connectivity index (χ0v) is 13.7. The normalized spacial score (nSPS) is 15.7. The lowest BCUT2D eigenvalue weighted by Crippen LogP contribution is -2.36. The van der Waals surface area contributed by atoms with E-state index in [2.05, 4.69) is 34.6 Å². The van der Waals surface area contributed by atoms with Gasteiger partial charge in [0.25, 0.3) is 0 Å². The molecule has 0 amide bonds. The lowest BCUT2D eigenvalue weighted by Gasteiger charge is -2.27. The molecule has 3 rings (SSSR count). The summed E-state index contributed by atoms with van der Waals surface area (Å²) in [6.45, 7) is 11.2. The van der Waals surface area contributed by atoms with Crippen LogP contribution in [0.5, 0.6) is 0 Å². The molecule has 23 heavy (non-hydrogen) atoms. The molecule has 1 saturated heterocycles. The van der Waals surface area contributed by atoms with Gasteiger partial charge in [-0.15, -0.1) is 0 Å². The van der Waals surface area contributed by atoms with E-state index in [9.17, 15) is 0 Å². The Balaban J connectivity index is 1.83. The van der Waals surface area contributed by atoms with E-state index in [0.29, 0.717) is 0 Å². The van der Waals surface area contributed by atoms with Gasteiger partial charge in [0.2, 0.25) is 0 Å². The molecule has 0 saturated carbocycles. The lowest BCUT2D eigenvalue weighted by atomic mass is 10.1. The molecule has 0 aliphatic carbocycles. The number of aromatic nitrogens is 3. The fourth-order valence-electron chi connectivity index (χ4n) is 2.73. The van der Waals surface area contributed by atoms with Crippen LogP contribution in [0.25, 0.3) is 11.3 Å². The maximum atomic E-state index is 5.38. The van der Waals surface area contributed by atoms with Crippen molar-refractivity contribution < 1.29 is 4.74 Å². The van der Waals surface area contributed by atoms with Gasteiger partial charge in [0.1, 0.15) is 5.82 Å². The first kappa shape index (κ1) is 15.5. The largest absolute Gasteiger partial charge is 0.378 e. The van der Waals surface area contributed by atoms with E-state index in [1.54, 1.807) is 6.08 Å². The minimum Gasteiger partial charge on any atom is -0.378 e. The van der Waals surface area contributed by atoms with Crippen LogP contribution in [0.3, 0.4) is 0 Å². The van der Waals surface area contributed by atoms with E-state index < -0.39 is 0 Å². The Morgan fingerprint density at radius 2 is 2.09 bits per heavy atom. The highest BCUT2D eigenvalue weighted by Gasteiger charge is 2.13. The number of hydrogen-bond acceptors (Lipinski definition) is 4. The highest BCUT2D eigenvalue weighted by molar-refractivity contribution is 5.64. The molecule has 5 heteroatoms. The zero-order chi connectivity index (χ0) is 16.2. The molecule has 120 valence electrons. The van der Waals surface area contributed by atoms with E-state index >= 15 is 0 Å². The molecular weight excluding hydrogens is 288 g/mol. The Kier molecular flexibility index (Phi) is 4.57. The van der Waals surface area contributed by atoms with Gasteiger partial charge in [-0.3, -0.25) is 0 Å². The number of pyridine rings is 1. The molecule has 1 aliphatic heterocycles. The third-order valence-corrected chi connectivity index (χ3v) is 3.97. The van der Waals surface area contributed by atoms with Crippen LogP contribution in [0.2, 0.25) is 0 Å². The number of hydrogen-bond donors (Lipinski definition) is 0. The molecule has 0 N–H and O–H groups in total. The van der Waals surface area contributed by atoms with Gasteiger partial charge < -0.3 is 9.64 Å². The van der Waals surface area contributed by atoms with E-state index in [-0.39, 0.29) is 0 Å². The molecule has 0 spiro atoms. The first-order chi connectivity index (χ1) is 11.2. The number of allylic oxidation sites excluding steroid dienone is 3. The summed E-state index contributed by atoms with van der Waals surface area (Å²) in [5, 5.41) is 4.67. The lowest BCUT2D eigenvalue weighted by molar-refractivity contribution is 0.122. The highest BCUT2D eigenvalue weighted by Crippen LogP contribution is 2.20. The number of aryl methyl sites for hydroxylation is 1. The summed E-state index contributed by atoms with van der Waals surface area (Å²) in [4.78, 5) is 6.82. The molecule has 0 aromatic carbocycles. The standard InChI is InChI=1S/C18H22N4O/c1-4-5-14(2)18-15(3)13-22(20-18)16-6-7-17(19-12-16)21-8-10-23-11-9-21/h4-7,12-13H,1,8-11H2,2-3H3/b14-5+. The molecule has 2 aromatic heterocycles. The quantitative estimate of drug-likeness (QED) is 0.814. The minimum atomic E-state index is 0.764. The van der Waals surface area contributed by atoms with E-state index in [4.69, 9.17) is 4.74 Å². The molecule has 1 aliphatic rings. The number of morpholine rings is 1. The van der Waals surface area contributed by atoms with Gasteiger partial charge in [0.15, 0.2) is 0 Å². The Labute approximate surface area is 136 Å². The molecule has 0 bridgehead atoms. The van der Waals surface area contributed by atoms with Crippen molar-refractivity contribution in [3.05, 3.63) is 54.5 Å². The Morgan fingerprint density at radius 3 is 2.74 bits per heavy atom. The summed E-state index contributed by atoms with van der Waals surface area (Å²) in [7, 11) is 0. The first-order valence-electron chi connectivity index (χ1n) is 7.84. The average molecular weight is 310 g/mol. The van der Waals surface area contributed by atoms with Gasteiger partial charge in [-0.2, -0.15) is 5.10 Å². The van der Waals surface area contributed by atoms with Crippen LogP contribution in [0.4, 0.5) is 5.82 Å². The van der Waals surface area contributed by atoms with Crippen LogP contribution in [0.15, 0.2) is 43.3 Å². The van der Waals surface area contributed by atoms with Crippen molar-refractivity contribution in [2.24, 2.45) is 0 Å². The van der Waals surface area contributed by atoms with Crippen molar-refractivity contribution in [3.8, 4) is 5.69 Å². The highest BCUT2D eigenvalue weighted by atomic mass is 16.5. The van der Waals surface area contributed by atoms with Crippen LogP contribution >= 0.6 is 0 Å². The van der Waals surface area contributed by atoms with Gasteiger partial charge in [-0.25, -0.2) is 9.67 Å². The molecule has 2 aromatic rings. The summed E-state index contributed by atoms with van der Waals surface area (Å²) in [5.74, 6) is 0.990.